The summed E-state index contributed by atoms with van der Waals surface area (Å²) in [6.07, 6.45) is 3.35. The van der Waals surface area contributed by atoms with Crippen molar-refractivity contribution in [1.82, 2.24) is 9.78 Å². The molecule has 90 valence electrons. The Morgan fingerprint density at radius 1 is 1.56 bits per heavy atom. The van der Waals surface area contributed by atoms with Gasteiger partial charge < -0.3 is 16.2 Å². The largest absolute Gasteiger partial charge is 0.396 e. The molecule has 2 rings (SSSR count). The number of aliphatic hydroxyl groups is 1. The maximum Gasteiger partial charge on any atom is 0.147 e. The number of nitrogens with one attached hydrogen (secondary N) is 1. The summed E-state index contributed by atoms with van der Waals surface area (Å²) < 4.78 is 1.78. The van der Waals surface area contributed by atoms with Crippen molar-refractivity contribution in [3.05, 3.63) is 5.69 Å². The lowest BCUT2D eigenvalue weighted by molar-refractivity contribution is 0.222. The molecule has 5 heteroatoms. The summed E-state index contributed by atoms with van der Waals surface area (Å²) in [7, 11) is 1.88. The van der Waals surface area contributed by atoms with Crippen LogP contribution in [0.25, 0.3) is 0 Å². The van der Waals surface area contributed by atoms with Crippen LogP contribution in [0.1, 0.15) is 25.0 Å². The SMILES string of the molecule is Cc1nn(C)c(NC2CCCC2CO)c1N. The highest BCUT2D eigenvalue weighted by atomic mass is 16.3. The van der Waals surface area contributed by atoms with Gasteiger partial charge in [0.05, 0.1) is 11.4 Å². The number of hydrogen-bond acceptors (Lipinski definition) is 4. The maximum atomic E-state index is 9.26. The topological polar surface area (TPSA) is 76.1 Å². The fraction of sp³-hybridized carbons (Fsp3) is 0.727. The second-order valence-electron chi connectivity index (χ2n) is 4.60. The Labute approximate surface area is 95.6 Å². The van der Waals surface area contributed by atoms with Gasteiger partial charge in [-0.2, -0.15) is 5.10 Å². The Balaban J connectivity index is 2.14. The van der Waals surface area contributed by atoms with Gasteiger partial charge in [-0.15, -0.1) is 0 Å². The number of nitrogens with zero attached hydrogens (tertiary/aromatic N) is 2. The Morgan fingerprint density at radius 2 is 2.31 bits per heavy atom. The maximum absolute atomic E-state index is 9.26. The molecule has 0 saturated heterocycles. The lowest BCUT2D eigenvalue weighted by Crippen LogP contribution is -2.27. The first-order chi connectivity index (χ1) is 7.63. The molecule has 16 heavy (non-hydrogen) atoms. The van der Waals surface area contributed by atoms with Crippen LogP contribution in [0.5, 0.6) is 0 Å². The number of aliphatic hydroxyl groups excluding tert-OH is 1. The van der Waals surface area contributed by atoms with Gasteiger partial charge in [-0.25, -0.2) is 0 Å². The average Bonchev–Trinajstić information content (AvgIpc) is 2.79. The monoisotopic (exact) mass is 224 g/mol. The van der Waals surface area contributed by atoms with Crippen LogP contribution in [-0.4, -0.2) is 27.5 Å². The number of nitrogens with two attached hydrogens (primary N) is 1. The van der Waals surface area contributed by atoms with Gasteiger partial charge in [-0.1, -0.05) is 6.42 Å². The Bertz CT molecular complexity index is 374. The minimum atomic E-state index is 0.244. The molecule has 2 atom stereocenters. The molecule has 5 nitrogen and oxygen atoms in total. The molecule has 1 aliphatic rings. The molecule has 2 unspecified atom stereocenters. The summed E-state index contributed by atoms with van der Waals surface area (Å²) in [5.74, 6) is 1.22. The molecule has 0 aliphatic heterocycles. The number of aryl methyl sites for hydroxylation is 2. The normalized spacial score (nSPS) is 24.9. The zero-order chi connectivity index (χ0) is 11.7. The minimum absolute atomic E-state index is 0.244. The number of nitrogen functional groups attached to an aromatic ring is 1. The van der Waals surface area contributed by atoms with Gasteiger partial charge in [0.1, 0.15) is 5.82 Å². The fourth-order valence-electron chi connectivity index (χ4n) is 2.47. The van der Waals surface area contributed by atoms with Crippen LogP contribution in [0.15, 0.2) is 0 Å². The third-order valence-corrected chi connectivity index (χ3v) is 3.48. The van der Waals surface area contributed by atoms with E-state index >= 15 is 0 Å². The van der Waals surface area contributed by atoms with Crippen LogP contribution in [0, 0.1) is 12.8 Å². The van der Waals surface area contributed by atoms with E-state index in [0.29, 0.717) is 17.6 Å². The molecule has 1 aromatic heterocycles. The molecule has 1 aromatic rings. The van der Waals surface area contributed by atoms with Gasteiger partial charge in [0.2, 0.25) is 0 Å². The lowest BCUT2D eigenvalue weighted by Gasteiger charge is -2.20. The molecule has 1 fully saturated rings. The van der Waals surface area contributed by atoms with E-state index < -0.39 is 0 Å². The van der Waals surface area contributed by atoms with Gasteiger partial charge in [0.25, 0.3) is 0 Å². The third kappa shape index (κ3) is 1.87. The first-order valence-corrected chi connectivity index (χ1v) is 5.80. The molecule has 0 bridgehead atoms. The lowest BCUT2D eigenvalue weighted by atomic mass is 10.1. The highest BCUT2D eigenvalue weighted by Crippen LogP contribution is 2.30. The Hall–Kier alpha value is -1.23. The molecular formula is C11H20N4O. The molecule has 0 aromatic carbocycles. The van der Waals surface area contributed by atoms with Crippen molar-refractivity contribution >= 4 is 11.5 Å². The van der Waals surface area contributed by atoms with Gasteiger partial charge in [-0.3, -0.25) is 4.68 Å². The molecule has 0 amide bonds. The van der Waals surface area contributed by atoms with E-state index in [4.69, 9.17) is 5.73 Å². The predicted octanol–water partition coefficient (Wildman–Crippen LogP) is 0.884. The summed E-state index contributed by atoms with van der Waals surface area (Å²) in [5, 5.41) is 16.9. The fourth-order valence-corrected chi connectivity index (χ4v) is 2.47. The number of rotatable bonds is 3. The van der Waals surface area contributed by atoms with E-state index in [2.05, 4.69) is 10.4 Å². The highest BCUT2D eigenvalue weighted by Gasteiger charge is 2.27. The van der Waals surface area contributed by atoms with E-state index in [1.165, 1.54) is 6.42 Å². The van der Waals surface area contributed by atoms with Gasteiger partial charge in [0.15, 0.2) is 0 Å². The van der Waals surface area contributed by atoms with Crippen LogP contribution >= 0.6 is 0 Å². The molecular weight excluding hydrogens is 204 g/mol. The molecule has 1 heterocycles. The second-order valence-corrected chi connectivity index (χ2v) is 4.60. The standard InChI is InChI=1S/C11H20N4O/c1-7-10(12)11(15(2)14-7)13-9-5-3-4-8(9)6-16/h8-9,13,16H,3-6,12H2,1-2H3. The zero-order valence-corrected chi connectivity index (χ0v) is 9.90. The Kier molecular flexibility index (Phi) is 3.05. The number of aromatic nitrogens is 2. The Morgan fingerprint density at radius 3 is 2.88 bits per heavy atom. The molecule has 1 saturated carbocycles. The third-order valence-electron chi connectivity index (χ3n) is 3.48. The summed E-state index contributed by atoms with van der Waals surface area (Å²) in [6, 6.07) is 0.321. The van der Waals surface area contributed by atoms with Crippen molar-refractivity contribution in [3.63, 3.8) is 0 Å². The average molecular weight is 224 g/mol. The van der Waals surface area contributed by atoms with Gasteiger partial charge in [0, 0.05) is 25.6 Å². The first kappa shape index (κ1) is 11.3. The van der Waals surface area contributed by atoms with Crippen molar-refractivity contribution < 1.29 is 5.11 Å². The molecule has 0 spiro atoms. The van der Waals surface area contributed by atoms with E-state index in [9.17, 15) is 5.11 Å². The molecule has 1 aliphatic carbocycles. The van der Waals surface area contributed by atoms with Gasteiger partial charge in [-0.05, 0) is 19.8 Å². The van der Waals surface area contributed by atoms with Crippen molar-refractivity contribution in [1.29, 1.82) is 0 Å². The number of anilines is 2. The van der Waals surface area contributed by atoms with E-state index in [0.717, 1.165) is 24.4 Å². The highest BCUT2D eigenvalue weighted by molar-refractivity contribution is 5.65. The van der Waals surface area contributed by atoms with Crippen molar-refractivity contribution in [2.24, 2.45) is 13.0 Å². The predicted molar refractivity (Wildman–Crippen MR) is 64.2 cm³/mol. The molecule has 0 radical (unpaired) electrons. The summed E-state index contributed by atoms with van der Waals surface area (Å²) in [5.41, 5.74) is 7.52. The van der Waals surface area contributed by atoms with Crippen LogP contribution < -0.4 is 11.1 Å². The van der Waals surface area contributed by atoms with Crippen molar-refractivity contribution in [2.45, 2.75) is 32.2 Å². The van der Waals surface area contributed by atoms with E-state index in [-0.39, 0.29) is 6.61 Å². The number of hydrogen-bond donors (Lipinski definition) is 3. The van der Waals surface area contributed by atoms with Crippen LogP contribution in [-0.2, 0) is 7.05 Å². The summed E-state index contributed by atoms with van der Waals surface area (Å²) in [6.45, 7) is 2.15. The minimum Gasteiger partial charge on any atom is -0.396 e. The summed E-state index contributed by atoms with van der Waals surface area (Å²) >= 11 is 0. The van der Waals surface area contributed by atoms with Gasteiger partial charge >= 0.3 is 0 Å². The van der Waals surface area contributed by atoms with Crippen LogP contribution in [0.4, 0.5) is 11.5 Å². The molecule has 4 N–H and O–H groups in total. The summed E-state index contributed by atoms with van der Waals surface area (Å²) in [4.78, 5) is 0. The van der Waals surface area contributed by atoms with E-state index in [1.54, 1.807) is 4.68 Å². The smallest absolute Gasteiger partial charge is 0.147 e. The van der Waals surface area contributed by atoms with Crippen LogP contribution in [0.2, 0.25) is 0 Å². The van der Waals surface area contributed by atoms with Crippen LogP contribution in [0.3, 0.4) is 0 Å². The van der Waals surface area contributed by atoms with Crippen molar-refractivity contribution in [2.75, 3.05) is 17.7 Å². The van der Waals surface area contributed by atoms with Crippen molar-refractivity contribution in [3.8, 4) is 0 Å². The zero-order valence-electron chi connectivity index (χ0n) is 9.90. The van der Waals surface area contributed by atoms with E-state index in [1.807, 2.05) is 14.0 Å². The quantitative estimate of drug-likeness (QED) is 0.712. The second kappa shape index (κ2) is 4.33. The first-order valence-electron chi connectivity index (χ1n) is 5.80.